The van der Waals surface area contributed by atoms with Crippen LogP contribution in [0.15, 0.2) is 36.4 Å². The van der Waals surface area contributed by atoms with Crippen molar-refractivity contribution >= 4 is 39.8 Å². The van der Waals surface area contributed by atoms with E-state index in [1.54, 1.807) is 13.0 Å². The van der Waals surface area contributed by atoms with E-state index in [1.165, 1.54) is 24.3 Å². The van der Waals surface area contributed by atoms with Crippen molar-refractivity contribution in [3.8, 4) is 11.5 Å². The van der Waals surface area contributed by atoms with Gasteiger partial charge in [0.1, 0.15) is 11.4 Å². The maximum absolute atomic E-state index is 12.9. The highest BCUT2D eigenvalue weighted by molar-refractivity contribution is 6.37. The Balaban J connectivity index is 2.04. The number of hydrogen-bond donors (Lipinski definition) is 1. The summed E-state index contributed by atoms with van der Waals surface area (Å²) in [5.41, 5.74) is 5.74. The first-order valence-electron chi connectivity index (χ1n) is 7.06. The summed E-state index contributed by atoms with van der Waals surface area (Å²) in [6.07, 6.45) is -4.50. The van der Waals surface area contributed by atoms with E-state index in [1.807, 2.05) is 0 Å². The number of rotatable bonds is 2. The lowest BCUT2D eigenvalue weighted by Crippen LogP contribution is -2.08. The molecule has 1 heterocycles. The average molecular weight is 387 g/mol. The molecule has 2 N–H and O–H groups in total. The zero-order valence-corrected chi connectivity index (χ0v) is 14.3. The van der Waals surface area contributed by atoms with Crippen LogP contribution >= 0.6 is 23.2 Å². The Hall–Kier alpha value is -2.18. The molecule has 0 amide bonds. The Morgan fingerprint density at radius 3 is 2.28 bits per heavy atom. The molecule has 8 heteroatoms. The third kappa shape index (κ3) is 3.60. The molecule has 0 radical (unpaired) electrons. The van der Waals surface area contributed by atoms with Crippen molar-refractivity contribution in [3.05, 3.63) is 57.7 Å². The molecule has 0 aliphatic rings. The smallest absolute Gasteiger partial charge is 0.433 e. The highest BCUT2D eigenvalue weighted by atomic mass is 35.5. The molecule has 0 spiro atoms. The number of ether oxygens (including phenoxy) is 1. The maximum atomic E-state index is 12.9. The summed E-state index contributed by atoms with van der Waals surface area (Å²) in [6, 6.07) is 8.51. The number of aromatic nitrogens is 1. The molecule has 3 rings (SSSR count). The van der Waals surface area contributed by atoms with Crippen LogP contribution in [0.1, 0.15) is 11.3 Å². The van der Waals surface area contributed by atoms with Gasteiger partial charge >= 0.3 is 6.18 Å². The number of halogens is 5. The molecule has 0 atom stereocenters. The zero-order chi connectivity index (χ0) is 18.4. The molecule has 0 saturated carbocycles. The lowest BCUT2D eigenvalue weighted by atomic mass is 10.1. The van der Waals surface area contributed by atoms with Gasteiger partial charge in [0.2, 0.25) is 0 Å². The van der Waals surface area contributed by atoms with Crippen molar-refractivity contribution in [2.45, 2.75) is 13.1 Å². The third-order valence-electron chi connectivity index (χ3n) is 3.52. The van der Waals surface area contributed by atoms with Crippen molar-refractivity contribution in [2.24, 2.45) is 0 Å². The van der Waals surface area contributed by atoms with Crippen molar-refractivity contribution in [3.63, 3.8) is 0 Å². The number of anilines is 1. The number of fused-ring (bicyclic) bond motifs is 1. The van der Waals surface area contributed by atoms with E-state index < -0.39 is 11.9 Å². The topological polar surface area (TPSA) is 48.1 Å². The molecule has 0 bridgehead atoms. The van der Waals surface area contributed by atoms with Gasteiger partial charge in [-0.05, 0) is 48.9 Å². The number of pyridine rings is 1. The summed E-state index contributed by atoms with van der Waals surface area (Å²) in [7, 11) is 0. The van der Waals surface area contributed by atoms with E-state index in [0.29, 0.717) is 22.4 Å². The van der Waals surface area contributed by atoms with Gasteiger partial charge in [-0.3, -0.25) is 0 Å². The van der Waals surface area contributed by atoms with Crippen LogP contribution in [0.5, 0.6) is 11.5 Å². The van der Waals surface area contributed by atoms with E-state index in [2.05, 4.69) is 4.98 Å². The second-order valence-electron chi connectivity index (χ2n) is 5.42. The molecule has 0 saturated heterocycles. The molecule has 2 aromatic carbocycles. The Labute approximate surface area is 151 Å². The van der Waals surface area contributed by atoms with Crippen LogP contribution in [0.2, 0.25) is 10.0 Å². The first-order chi connectivity index (χ1) is 11.6. The Morgan fingerprint density at radius 2 is 1.68 bits per heavy atom. The monoisotopic (exact) mass is 386 g/mol. The second-order valence-corrected chi connectivity index (χ2v) is 6.23. The van der Waals surface area contributed by atoms with Crippen molar-refractivity contribution in [1.82, 2.24) is 4.98 Å². The van der Waals surface area contributed by atoms with Crippen LogP contribution in [-0.4, -0.2) is 4.98 Å². The van der Waals surface area contributed by atoms with Gasteiger partial charge in [-0.2, -0.15) is 13.2 Å². The van der Waals surface area contributed by atoms with Gasteiger partial charge in [-0.1, -0.05) is 23.2 Å². The first-order valence-corrected chi connectivity index (χ1v) is 7.82. The van der Waals surface area contributed by atoms with Crippen molar-refractivity contribution in [2.75, 3.05) is 5.73 Å². The van der Waals surface area contributed by atoms with Crippen molar-refractivity contribution < 1.29 is 17.9 Å². The molecule has 25 heavy (non-hydrogen) atoms. The fraction of sp³-hybridized carbons (Fsp3) is 0.118. The third-order valence-corrected chi connectivity index (χ3v) is 4.08. The van der Waals surface area contributed by atoms with Gasteiger partial charge in [-0.25, -0.2) is 4.98 Å². The molecule has 0 unspecified atom stereocenters. The van der Waals surface area contributed by atoms with Gasteiger partial charge < -0.3 is 10.5 Å². The predicted molar refractivity (Wildman–Crippen MR) is 92.4 cm³/mol. The molecular formula is C17H11Cl2F3N2O. The number of benzene rings is 2. The number of hydrogen-bond acceptors (Lipinski definition) is 3. The normalized spacial score (nSPS) is 11.8. The summed E-state index contributed by atoms with van der Waals surface area (Å²) < 4.78 is 44.3. The molecular weight excluding hydrogens is 376 g/mol. The number of nitrogens with two attached hydrogens (primary N) is 1. The Bertz CT molecular complexity index is 951. The van der Waals surface area contributed by atoms with E-state index in [-0.39, 0.29) is 21.3 Å². The fourth-order valence-electron chi connectivity index (χ4n) is 2.38. The SMILES string of the molecule is Cc1cc(C(F)(F)F)nc2ccc(Oc3c(Cl)cc(N)cc3Cl)cc12. The number of alkyl halides is 3. The van der Waals surface area contributed by atoms with Gasteiger partial charge in [0.15, 0.2) is 5.75 Å². The minimum atomic E-state index is -4.50. The van der Waals surface area contributed by atoms with Crippen LogP contribution in [0.4, 0.5) is 18.9 Å². The molecule has 0 aliphatic heterocycles. The lowest BCUT2D eigenvalue weighted by Gasteiger charge is -2.13. The second kappa shape index (κ2) is 6.28. The minimum Gasteiger partial charge on any atom is -0.454 e. The standard InChI is InChI=1S/C17H11Cl2F3N2O/c1-8-4-15(17(20,21)22)24-14-3-2-10(7-11(8)14)25-16-12(18)5-9(23)6-13(16)19/h2-7H,23H2,1H3. The fourth-order valence-corrected chi connectivity index (χ4v) is 2.96. The van der Waals surface area contributed by atoms with Gasteiger partial charge in [0.05, 0.1) is 15.6 Å². The minimum absolute atomic E-state index is 0.217. The van der Waals surface area contributed by atoms with Gasteiger partial charge in [-0.15, -0.1) is 0 Å². The van der Waals surface area contributed by atoms with E-state index >= 15 is 0 Å². The number of nitrogen functional groups attached to an aromatic ring is 1. The highest BCUT2D eigenvalue weighted by Crippen LogP contribution is 2.39. The lowest BCUT2D eigenvalue weighted by molar-refractivity contribution is -0.141. The van der Waals surface area contributed by atoms with E-state index in [4.69, 9.17) is 33.7 Å². The van der Waals surface area contributed by atoms with Crippen molar-refractivity contribution in [1.29, 1.82) is 0 Å². The zero-order valence-electron chi connectivity index (χ0n) is 12.8. The van der Waals surface area contributed by atoms with E-state index in [9.17, 15) is 13.2 Å². The number of aryl methyl sites for hydroxylation is 1. The predicted octanol–water partition coefficient (Wildman–Crippen LogP) is 6.24. The molecule has 1 aromatic heterocycles. The van der Waals surface area contributed by atoms with Crippen LogP contribution in [0.3, 0.4) is 0 Å². The van der Waals surface area contributed by atoms with Crippen LogP contribution in [0.25, 0.3) is 10.9 Å². The molecule has 3 nitrogen and oxygen atoms in total. The van der Waals surface area contributed by atoms with E-state index in [0.717, 1.165) is 6.07 Å². The first kappa shape index (κ1) is 17.6. The highest BCUT2D eigenvalue weighted by Gasteiger charge is 2.33. The average Bonchev–Trinajstić information content (AvgIpc) is 2.50. The molecule has 0 aliphatic carbocycles. The number of nitrogens with zero attached hydrogens (tertiary/aromatic N) is 1. The molecule has 130 valence electrons. The van der Waals surface area contributed by atoms with Crippen LogP contribution in [-0.2, 0) is 6.18 Å². The summed E-state index contributed by atoms with van der Waals surface area (Å²) in [4.78, 5) is 3.65. The molecule has 3 aromatic rings. The van der Waals surface area contributed by atoms with Crippen LogP contribution < -0.4 is 10.5 Å². The van der Waals surface area contributed by atoms with Gasteiger partial charge in [0, 0.05) is 11.1 Å². The quantitative estimate of drug-likeness (QED) is 0.530. The molecule has 0 fully saturated rings. The Kier molecular flexibility index (Phi) is 4.43. The maximum Gasteiger partial charge on any atom is 0.433 e. The van der Waals surface area contributed by atoms with Gasteiger partial charge in [0.25, 0.3) is 0 Å². The summed E-state index contributed by atoms with van der Waals surface area (Å²) in [5, 5.41) is 0.993. The largest absolute Gasteiger partial charge is 0.454 e. The Morgan fingerprint density at radius 1 is 1.04 bits per heavy atom. The summed E-state index contributed by atoms with van der Waals surface area (Å²) in [5.74, 6) is 0.583. The summed E-state index contributed by atoms with van der Waals surface area (Å²) in [6.45, 7) is 1.58. The summed E-state index contributed by atoms with van der Waals surface area (Å²) >= 11 is 12.2. The van der Waals surface area contributed by atoms with Crippen LogP contribution in [0, 0.1) is 6.92 Å².